The highest BCUT2D eigenvalue weighted by Gasteiger charge is 2.36. The summed E-state index contributed by atoms with van der Waals surface area (Å²) >= 11 is 7.60. The summed E-state index contributed by atoms with van der Waals surface area (Å²) in [7, 11) is 0. The molecule has 2 aromatic carbocycles. The van der Waals surface area contributed by atoms with Gasteiger partial charge in [0, 0.05) is 14.8 Å². The number of rotatable bonds is 10. The Hall–Kier alpha value is -2.39. The van der Waals surface area contributed by atoms with E-state index in [1.54, 1.807) is 45.0 Å². The minimum atomic E-state index is -4.40. The first-order valence-corrected chi connectivity index (χ1v) is 11.9. The van der Waals surface area contributed by atoms with Crippen molar-refractivity contribution in [2.45, 2.75) is 61.5 Å². The highest BCUT2D eigenvalue weighted by atomic mass is 35.5. The van der Waals surface area contributed by atoms with Crippen molar-refractivity contribution in [3.05, 3.63) is 58.6 Å². The lowest BCUT2D eigenvalue weighted by molar-refractivity contribution is -0.150. The second-order valence-corrected chi connectivity index (χ2v) is 9.19. The summed E-state index contributed by atoms with van der Waals surface area (Å²) in [6.07, 6.45) is -3.78. The lowest BCUT2D eigenvalue weighted by atomic mass is 9.93. The van der Waals surface area contributed by atoms with Crippen LogP contribution < -0.4 is 5.32 Å². The van der Waals surface area contributed by atoms with Gasteiger partial charge >= 0.3 is 18.2 Å². The second-order valence-electron chi connectivity index (χ2n) is 7.63. The molecule has 186 valence electrons. The highest BCUT2D eigenvalue weighted by Crippen LogP contribution is 2.35. The molecule has 0 fully saturated rings. The topological polar surface area (TPSA) is 64.6 Å². The minimum Gasteiger partial charge on any atom is -0.464 e. The summed E-state index contributed by atoms with van der Waals surface area (Å²) in [5, 5.41) is 3.05. The van der Waals surface area contributed by atoms with E-state index >= 15 is 0 Å². The average Bonchev–Trinajstić information content (AvgIpc) is 2.75. The van der Waals surface area contributed by atoms with Crippen LogP contribution in [0.25, 0.3) is 0 Å². The zero-order valence-corrected chi connectivity index (χ0v) is 20.7. The van der Waals surface area contributed by atoms with Crippen LogP contribution in [0.1, 0.15) is 44.7 Å². The number of nitrogens with one attached hydrogen (secondary N) is 1. The van der Waals surface area contributed by atoms with Gasteiger partial charge in [0.05, 0.1) is 18.8 Å². The standard InChI is InChI=1S/C24H27ClF3NO4S/c1-4-32-21(30)23(3,29-22(31)33-5-2)13-7-8-16-11-12-19(15-20(16)25)34-18-10-6-9-17(14-18)24(26,27)28/h6,9-12,14-15H,4-5,7-8,13H2,1-3H3,(H,29,31). The first kappa shape index (κ1) is 27.9. The largest absolute Gasteiger partial charge is 0.464 e. The van der Waals surface area contributed by atoms with Gasteiger partial charge in [-0.2, -0.15) is 13.2 Å². The number of alkyl halides is 3. The van der Waals surface area contributed by atoms with E-state index in [4.69, 9.17) is 21.1 Å². The lowest BCUT2D eigenvalue weighted by Crippen LogP contribution is -2.53. The van der Waals surface area contributed by atoms with E-state index in [9.17, 15) is 22.8 Å². The molecule has 1 amide bonds. The van der Waals surface area contributed by atoms with E-state index in [0.29, 0.717) is 34.1 Å². The van der Waals surface area contributed by atoms with E-state index in [-0.39, 0.29) is 13.2 Å². The minimum absolute atomic E-state index is 0.172. The molecule has 1 atom stereocenters. The normalized spacial score (nSPS) is 13.1. The molecule has 0 bridgehead atoms. The fraction of sp³-hybridized carbons (Fsp3) is 0.417. The number of carbonyl (C=O) groups excluding carboxylic acids is 2. The first-order chi connectivity index (χ1) is 16.0. The van der Waals surface area contributed by atoms with Gasteiger partial charge in [-0.05, 0) is 75.9 Å². The molecule has 0 aliphatic rings. The number of esters is 1. The highest BCUT2D eigenvalue weighted by molar-refractivity contribution is 7.99. The van der Waals surface area contributed by atoms with Crippen LogP contribution in [0.5, 0.6) is 0 Å². The fourth-order valence-corrected chi connectivity index (χ4v) is 4.45. The monoisotopic (exact) mass is 517 g/mol. The zero-order chi connectivity index (χ0) is 25.4. The predicted octanol–water partition coefficient (Wildman–Crippen LogP) is 6.90. The molecule has 0 saturated carbocycles. The molecule has 1 unspecified atom stereocenters. The van der Waals surface area contributed by atoms with E-state index < -0.39 is 29.3 Å². The van der Waals surface area contributed by atoms with Crippen molar-refractivity contribution >= 4 is 35.4 Å². The van der Waals surface area contributed by atoms with Gasteiger partial charge in [-0.3, -0.25) is 0 Å². The molecule has 0 radical (unpaired) electrons. The molecule has 0 aliphatic heterocycles. The molecule has 34 heavy (non-hydrogen) atoms. The number of halogens is 4. The van der Waals surface area contributed by atoms with Crippen molar-refractivity contribution in [3.63, 3.8) is 0 Å². The number of aryl methyl sites for hydroxylation is 1. The van der Waals surface area contributed by atoms with Crippen LogP contribution in [-0.4, -0.2) is 30.8 Å². The summed E-state index contributed by atoms with van der Waals surface area (Å²) in [5.74, 6) is -0.554. The Labute approximate surface area is 206 Å². The Balaban J connectivity index is 2.04. The molecular formula is C24H27ClF3NO4S. The number of hydrogen-bond donors (Lipinski definition) is 1. The molecule has 2 aromatic rings. The van der Waals surface area contributed by atoms with Crippen LogP contribution >= 0.6 is 23.4 Å². The molecule has 1 N–H and O–H groups in total. The van der Waals surface area contributed by atoms with Crippen molar-refractivity contribution in [3.8, 4) is 0 Å². The summed E-state index contributed by atoms with van der Waals surface area (Å²) < 4.78 is 48.8. The van der Waals surface area contributed by atoms with Gasteiger partial charge in [0.15, 0.2) is 0 Å². The molecule has 0 spiro atoms. The Kier molecular flexibility index (Phi) is 10.1. The molecular weight excluding hydrogens is 491 g/mol. The van der Waals surface area contributed by atoms with Crippen molar-refractivity contribution in [2.75, 3.05) is 13.2 Å². The zero-order valence-electron chi connectivity index (χ0n) is 19.1. The van der Waals surface area contributed by atoms with Crippen LogP contribution in [-0.2, 0) is 26.9 Å². The Morgan fingerprint density at radius 1 is 1.03 bits per heavy atom. The second kappa shape index (κ2) is 12.4. The van der Waals surface area contributed by atoms with Gasteiger partial charge in [0.25, 0.3) is 0 Å². The Morgan fingerprint density at radius 3 is 2.32 bits per heavy atom. The average molecular weight is 518 g/mol. The number of alkyl carbamates (subject to hydrolysis) is 1. The summed E-state index contributed by atoms with van der Waals surface area (Å²) in [5.41, 5.74) is -1.15. The van der Waals surface area contributed by atoms with Crippen molar-refractivity contribution in [2.24, 2.45) is 0 Å². The molecule has 0 aliphatic carbocycles. The Bertz CT molecular complexity index is 1000. The quantitative estimate of drug-likeness (QED) is 0.347. The van der Waals surface area contributed by atoms with Gasteiger partial charge in [0.2, 0.25) is 0 Å². The van der Waals surface area contributed by atoms with Gasteiger partial charge in [-0.25, -0.2) is 9.59 Å². The van der Waals surface area contributed by atoms with Crippen molar-refractivity contribution in [1.82, 2.24) is 5.32 Å². The number of benzene rings is 2. The lowest BCUT2D eigenvalue weighted by Gasteiger charge is -2.28. The number of ether oxygens (including phenoxy) is 2. The molecule has 2 rings (SSSR count). The van der Waals surface area contributed by atoms with Gasteiger partial charge in [-0.15, -0.1) is 0 Å². The molecule has 0 saturated heterocycles. The van der Waals surface area contributed by atoms with Crippen LogP contribution in [0.2, 0.25) is 5.02 Å². The molecule has 10 heteroatoms. The van der Waals surface area contributed by atoms with E-state index in [1.807, 2.05) is 0 Å². The predicted molar refractivity (Wildman–Crippen MR) is 125 cm³/mol. The number of amides is 1. The van der Waals surface area contributed by atoms with Gasteiger partial charge in [0.1, 0.15) is 5.54 Å². The summed E-state index contributed by atoms with van der Waals surface area (Å²) in [6, 6.07) is 10.4. The van der Waals surface area contributed by atoms with Crippen LogP contribution in [0, 0.1) is 0 Å². The SMILES string of the molecule is CCOC(=O)NC(C)(CCCc1ccc(Sc2cccc(C(F)(F)F)c2)cc1Cl)C(=O)OCC. The van der Waals surface area contributed by atoms with Gasteiger partial charge < -0.3 is 14.8 Å². The van der Waals surface area contributed by atoms with Crippen molar-refractivity contribution < 1.29 is 32.2 Å². The fourth-order valence-electron chi connectivity index (χ4n) is 3.20. The van der Waals surface area contributed by atoms with E-state index in [2.05, 4.69) is 5.32 Å². The maximum atomic E-state index is 12.9. The van der Waals surface area contributed by atoms with E-state index in [1.165, 1.54) is 17.8 Å². The van der Waals surface area contributed by atoms with Crippen molar-refractivity contribution in [1.29, 1.82) is 0 Å². The maximum Gasteiger partial charge on any atom is 0.416 e. The van der Waals surface area contributed by atoms with Crippen LogP contribution in [0.4, 0.5) is 18.0 Å². The molecule has 0 aromatic heterocycles. The Morgan fingerprint density at radius 2 is 1.71 bits per heavy atom. The summed E-state index contributed by atoms with van der Waals surface area (Å²) in [6.45, 7) is 5.28. The van der Waals surface area contributed by atoms with Crippen LogP contribution in [0.15, 0.2) is 52.3 Å². The summed E-state index contributed by atoms with van der Waals surface area (Å²) in [4.78, 5) is 25.5. The van der Waals surface area contributed by atoms with E-state index in [0.717, 1.165) is 17.7 Å². The molecule has 5 nitrogen and oxygen atoms in total. The third-order valence-corrected chi connectivity index (χ3v) is 6.25. The maximum absolute atomic E-state index is 12.9. The molecule has 0 heterocycles. The van der Waals surface area contributed by atoms with Crippen LogP contribution in [0.3, 0.4) is 0 Å². The first-order valence-electron chi connectivity index (χ1n) is 10.7. The number of hydrogen-bond acceptors (Lipinski definition) is 5. The third kappa shape index (κ3) is 8.13. The smallest absolute Gasteiger partial charge is 0.416 e. The van der Waals surface area contributed by atoms with Gasteiger partial charge in [-0.1, -0.05) is 35.5 Å². The third-order valence-electron chi connectivity index (χ3n) is 4.92. The number of carbonyl (C=O) groups is 2.